The number of thioether (sulfide) groups is 2. The maximum Gasteiger partial charge on any atom is 0.340 e. The Morgan fingerprint density at radius 3 is 2.03 bits per heavy atom. The fraction of sp³-hybridized carbons (Fsp3) is 0.870. The SMILES string of the molecule is C1CCC(NC2CCCCC2)CC1.CC(=O)SCC(C)C(=O)N1CCSC1(C)C(=O)O. The Labute approximate surface area is 196 Å². The lowest BCUT2D eigenvalue weighted by Gasteiger charge is -2.32. The number of rotatable bonds is 6. The van der Waals surface area contributed by atoms with Gasteiger partial charge in [0.1, 0.15) is 0 Å². The van der Waals surface area contributed by atoms with Crippen LogP contribution in [0.4, 0.5) is 0 Å². The van der Waals surface area contributed by atoms with Gasteiger partial charge in [0.25, 0.3) is 0 Å². The molecule has 8 heteroatoms. The number of nitrogens with one attached hydrogen (secondary N) is 1. The third kappa shape index (κ3) is 8.28. The molecule has 178 valence electrons. The molecule has 2 N–H and O–H groups in total. The summed E-state index contributed by atoms with van der Waals surface area (Å²) in [5.74, 6) is -0.522. The van der Waals surface area contributed by atoms with Crippen molar-refractivity contribution in [2.24, 2.45) is 5.92 Å². The average Bonchev–Trinajstić information content (AvgIpc) is 3.16. The van der Waals surface area contributed by atoms with Crippen molar-refractivity contribution in [3.63, 3.8) is 0 Å². The molecule has 2 atom stereocenters. The van der Waals surface area contributed by atoms with Crippen LogP contribution in [-0.2, 0) is 14.4 Å². The molecule has 3 fully saturated rings. The number of aliphatic carboxylic acids is 1. The summed E-state index contributed by atoms with van der Waals surface area (Å²) < 4.78 is 0. The first-order chi connectivity index (χ1) is 14.7. The molecule has 0 radical (unpaired) electrons. The Kier molecular flexibility index (Phi) is 11.2. The normalized spacial score (nSPS) is 26.1. The molecule has 2 aliphatic carbocycles. The molecule has 1 amide bonds. The van der Waals surface area contributed by atoms with Crippen molar-refractivity contribution in [2.75, 3.05) is 18.1 Å². The first-order valence-corrected chi connectivity index (χ1v) is 13.8. The van der Waals surface area contributed by atoms with E-state index < -0.39 is 10.8 Å². The molecule has 0 aromatic carbocycles. The average molecular weight is 473 g/mol. The molecule has 6 nitrogen and oxygen atoms in total. The summed E-state index contributed by atoms with van der Waals surface area (Å²) in [5.41, 5.74) is 0. The van der Waals surface area contributed by atoms with Crippen LogP contribution in [0.2, 0.25) is 0 Å². The fourth-order valence-electron chi connectivity index (χ4n) is 4.58. The smallest absolute Gasteiger partial charge is 0.340 e. The molecule has 2 saturated carbocycles. The second-order valence-electron chi connectivity index (χ2n) is 9.17. The van der Waals surface area contributed by atoms with Gasteiger partial charge < -0.3 is 15.3 Å². The molecular weight excluding hydrogens is 432 g/mol. The van der Waals surface area contributed by atoms with Crippen molar-refractivity contribution < 1.29 is 19.5 Å². The van der Waals surface area contributed by atoms with E-state index in [1.165, 1.54) is 87.8 Å². The zero-order chi connectivity index (χ0) is 22.9. The van der Waals surface area contributed by atoms with E-state index in [1.54, 1.807) is 13.8 Å². The first kappa shape index (κ1) is 26.5. The number of amides is 1. The zero-order valence-corrected chi connectivity index (χ0v) is 21.0. The molecule has 1 saturated heterocycles. The van der Waals surface area contributed by atoms with Gasteiger partial charge in [0.05, 0.1) is 0 Å². The highest BCUT2D eigenvalue weighted by molar-refractivity contribution is 8.13. The van der Waals surface area contributed by atoms with E-state index >= 15 is 0 Å². The van der Waals surface area contributed by atoms with Crippen LogP contribution < -0.4 is 5.32 Å². The molecule has 3 rings (SSSR count). The van der Waals surface area contributed by atoms with E-state index in [0.29, 0.717) is 18.1 Å². The van der Waals surface area contributed by atoms with Crippen LogP contribution in [0.3, 0.4) is 0 Å². The number of hydrogen-bond donors (Lipinski definition) is 2. The Hall–Kier alpha value is -0.730. The minimum absolute atomic E-state index is 0.0357. The first-order valence-electron chi connectivity index (χ1n) is 11.8. The maximum absolute atomic E-state index is 12.2. The number of carboxylic acids is 1. The van der Waals surface area contributed by atoms with Crippen molar-refractivity contribution in [3.8, 4) is 0 Å². The highest BCUT2D eigenvalue weighted by Crippen LogP contribution is 2.37. The molecule has 3 aliphatic rings. The van der Waals surface area contributed by atoms with Gasteiger partial charge in [-0.25, -0.2) is 4.79 Å². The quantitative estimate of drug-likeness (QED) is 0.588. The van der Waals surface area contributed by atoms with Crippen LogP contribution in [0.25, 0.3) is 0 Å². The van der Waals surface area contributed by atoms with E-state index in [4.69, 9.17) is 0 Å². The van der Waals surface area contributed by atoms with Gasteiger partial charge in [0.15, 0.2) is 9.99 Å². The molecule has 0 bridgehead atoms. The largest absolute Gasteiger partial charge is 0.479 e. The summed E-state index contributed by atoms with van der Waals surface area (Å²) in [6.45, 7) is 5.18. The molecule has 2 unspecified atom stereocenters. The van der Waals surface area contributed by atoms with Crippen molar-refractivity contribution >= 4 is 40.5 Å². The maximum atomic E-state index is 12.2. The summed E-state index contributed by atoms with van der Waals surface area (Å²) in [4.78, 5) is 34.6. The summed E-state index contributed by atoms with van der Waals surface area (Å²) in [7, 11) is 0. The molecule has 0 spiro atoms. The third-order valence-electron chi connectivity index (χ3n) is 6.52. The highest BCUT2D eigenvalue weighted by Gasteiger charge is 2.47. The lowest BCUT2D eigenvalue weighted by molar-refractivity contribution is -0.152. The Morgan fingerprint density at radius 1 is 1.06 bits per heavy atom. The van der Waals surface area contributed by atoms with Crippen LogP contribution in [0.15, 0.2) is 0 Å². The van der Waals surface area contributed by atoms with Crippen molar-refractivity contribution in [1.82, 2.24) is 10.2 Å². The molecule has 0 aromatic rings. The summed E-state index contributed by atoms with van der Waals surface area (Å²) in [6.07, 6.45) is 14.6. The van der Waals surface area contributed by atoms with Gasteiger partial charge in [-0.15, -0.1) is 11.8 Å². The molecule has 1 heterocycles. The number of hydrogen-bond acceptors (Lipinski definition) is 6. The standard InChI is InChI=1S/C12H23N.C11H17NO4S2/c1-3-7-11(8-4-1)13-12-9-5-2-6-10-12;1-7(6-17-8(2)13)9(14)12-4-5-18-11(12,3)10(15)16/h11-13H,1-10H2;7H,4-6H2,1-3H3,(H,15,16). The van der Waals surface area contributed by atoms with Crippen LogP contribution in [0.5, 0.6) is 0 Å². The van der Waals surface area contributed by atoms with E-state index in [-0.39, 0.29) is 16.9 Å². The predicted molar refractivity (Wildman–Crippen MR) is 129 cm³/mol. The minimum atomic E-state index is -1.17. The van der Waals surface area contributed by atoms with E-state index in [9.17, 15) is 19.5 Å². The second-order valence-corrected chi connectivity index (χ2v) is 11.9. The number of carbonyl (C=O) groups excluding carboxylic acids is 2. The van der Waals surface area contributed by atoms with Gasteiger partial charge >= 0.3 is 5.97 Å². The monoisotopic (exact) mass is 472 g/mol. The Balaban J connectivity index is 0.000000231. The van der Waals surface area contributed by atoms with Gasteiger partial charge in [-0.2, -0.15) is 0 Å². The van der Waals surface area contributed by atoms with Crippen molar-refractivity contribution in [3.05, 3.63) is 0 Å². The van der Waals surface area contributed by atoms with Crippen LogP contribution >= 0.6 is 23.5 Å². The van der Waals surface area contributed by atoms with Gasteiger partial charge in [-0.1, -0.05) is 57.2 Å². The number of carboxylic acid groups (broad SMARTS) is 1. The number of carbonyl (C=O) groups is 3. The zero-order valence-electron chi connectivity index (χ0n) is 19.4. The lowest BCUT2D eigenvalue weighted by atomic mass is 9.91. The Morgan fingerprint density at radius 2 is 1.58 bits per heavy atom. The second kappa shape index (κ2) is 13.1. The molecule has 0 aromatic heterocycles. The fourth-order valence-corrected chi connectivity index (χ4v) is 6.34. The highest BCUT2D eigenvalue weighted by atomic mass is 32.2. The van der Waals surface area contributed by atoms with E-state index in [1.807, 2.05) is 0 Å². The van der Waals surface area contributed by atoms with Crippen molar-refractivity contribution in [1.29, 1.82) is 0 Å². The summed E-state index contributed by atoms with van der Waals surface area (Å²) >= 11 is 2.36. The van der Waals surface area contributed by atoms with Crippen LogP contribution in [-0.4, -0.2) is 62.0 Å². The van der Waals surface area contributed by atoms with Gasteiger partial charge in [0.2, 0.25) is 5.91 Å². The lowest BCUT2D eigenvalue weighted by Crippen LogP contribution is -2.51. The topological polar surface area (TPSA) is 86.7 Å². The van der Waals surface area contributed by atoms with E-state index in [2.05, 4.69) is 5.32 Å². The molecule has 31 heavy (non-hydrogen) atoms. The van der Waals surface area contributed by atoms with Crippen LogP contribution in [0.1, 0.15) is 85.0 Å². The molecule has 1 aliphatic heterocycles. The Bertz CT molecular complexity index is 590. The predicted octanol–water partition coefficient (Wildman–Crippen LogP) is 4.52. The number of nitrogens with zero attached hydrogens (tertiary/aromatic N) is 1. The third-order valence-corrected chi connectivity index (χ3v) is 8.93. The summed E-state index contributed by atoms with van der Waals surface area (Å²) in [6, 6.07) is 1.74. The van der Waals surface area contributed by atoms with Gasteiger partial charge in [-0.05, 0) is 32.6 Å². The minimum Gasteiger partial charge on any atom is -0.479 e. The van der Waals surface area contributed by atoms with Crippen LogP contribution in [0, 0.1) is 5.92 Å². The molecular formula is C23H40N2O4S2. The van der Waals surface area contributed by atoms with Gasteiger partial charge in [0, 0.05) is 43.0 Å². The van der Waals surface area contributed by atoms with Crippen molar-refractivity contribution in [2.45, 2.75) is 102 Å². The summed E-state index contributed by atoms with van der Waals surface area (Å²) in [5, 5.41) is 13.0. The van der Waals surface area contributed by atoms with E-state index in [0.717, 1.165) is 23.8 Å². The van der Waals surface area contributed by atoms with Gasteiger partial charge in [-0.3, -0.25) is 9.59 Å².